The minimum Gasteiger partial charge on any atom is -0.483 e. The number of ether oxygens (including phenoxy) is 1. The van der Waals surface area contributed by atoms with Crippen LogP contribution in [-0.2, 0) is 22.6 Å². The van der Waals surface area contributed by atoms with Crippen LogP contribution in [0.25, 0.3) is 0 Å². The Balaban J connectivity index is 1.88. The number of amides is 2. The van der Waals surface area contributed by atoms with Crippen molar-refractivity contribution >= 4 is 39.3 Å². The summed E-state index contributed by atoms with van der Waals surface area (Å²) >= 11 is 9.40. The molecule has 3 rings (SSSR count). The number of aryl methyl sites for hydroxylation is 1. The van der Waals surface area contributed by atoms with Gasteiger partial charge < -0.3 is 15.0 Å². The van der Waals surface area contributed by atoms with Crippen molar-refractivity contribution in [3.63, 3.8) is 0 Å². The van der Waals surface area contributed by atoms with Crippen LogP contribution in [0.4, 0.5) is 0 Å². The zero-order chi connectivity index (χ0) is 23.8. The molecule has 0 saturated heterocycles. The number of hydrogen-bond acceptors (Lipinski definition) is 3. The second-order valence-corrected chi connectivity index (χ2v) is 8.98. The van der Waals surface area contributed by atoms with Crippen LogP contribution in [0, 0.1) is 6.92 Å². The molecule has 0 saturated carbocycles. The van der Waals surface area contributed by atoms with E-state index in [4.69, 9.17) is 16.3 Å². The predicted molar refractivity (Wildman–Crippen MR) is 134 cm³/mol. The van der Waals surface area contributed by atoms with Crippen molar-refractivity contribution in [2.24, 2.45) is 0 Å². The van der Waals surface area contributed by atoms with E-state index in [2.05, 4.69) is 21.2 Å². The van der Waals surface area contributed by atoms with E-state index >= 15 is 0 Å². The number of carbonyl (C=O) groups is 2. The summed E-state index contributed by atoms with van der Waals surface area (Å²) in [5, 5.41) is 3.27. The summed E-state index contributed by atoms with van der Waals surface area (Å²) in [5.74, 6) is -0.0155. The number of nitrogens with zero attached hydrogens (tertiary/aromatic N) is 1. The Morgan fingerprint density at radius 3 is 2.42 bits per heavy atom. The Hall–Kier alpha value is -2.83. The molecule has 0 aliphatic heterocycles. The van der Waals surface area contributed by atoms with Gasteiger partial charge in [-0.2, -0.15) is 0 Å². The molecule has 0 aliphatic carbocycles. The van der Waals surface area contributed by atoms with E-state index < -0.39 is 6.04 Å². The van der Waals surface area contributed by atoms with Gasteiger partial charge in [0.15, 0.2) is 6.61 Å². The maximum absolute atomic E-state index is 13.4. The fourth-order valence-corrected chi connectivity index (χ4v) is 4.34. The van der Waals surface area contributed by atoms with Gasteiger partial charge in [-0.25, -0.2) is 0 Å². The molecule has 0 radical (unpaired) electrons. The van der Waals surface area contributed by atoms with E-state index in [1.165, 1.54) is 0 Å². The number of benzene rings is 3. The Bertz CT molecular complexity index is 1110. The maximum Gasteiger partial charge on any atom is 0.261 e. The molecule has 7 heteroatoms. The zero-order valence-corrected chi connectivity index (χ0v) is 20.9. The average molecular weight is 530 g/mol. The molecule has 3 aromatic carbocycles. The van der Waals surface area contributed by atoms with Gasteiger partial charge >= 0.3 is 0 Å². The van der Waals surface area contributed by atoms with Gasteiger partial charge in [-0.1, -0.05) is 71.8 Å². The van der Waals surface area contributed by atoms with Gasteiger partial charge in [0, 0.05) is 25.0 Å². The quantitative estimate of drug-likeness (QED) is 0.416. The van der Waals surface area contributed by atoms with E-state index in [1.54, 1.807) is 30.1 Å². The van der Waals surface area contributed by atoms with Crippen molar-refractivity contribution in [1.29, 1.82) is 0 Å². The summed E-state index contributed by atoms with van der Waals surface area (Å²) in [5.41, 5.74) is 2.99. The third kappa shape index (κ3) is 7.07. The molecule has 0 bridgehead atoms. The molecule has 3 aromatic rings. The molecular weight excluding hydrogens is 504 g/mol. The molecule has 5 nitrogen and oxygen atoms in total. The highest BCUT2D eigenvalue weighted by Crippen LogP contribution is 2.28. The van der Waals surface area contributed by atoms with Gasteiger partial charge in [0.2, 0.25) is 5.91 Å². The highest BCUT2D eigenvalue weighted by Gasteiger charge is 2.30. The summed E-state index contributed by atoms with van der Waals surface area (Å²) < 4.78 is 6.43. The lowest BCUT2D eigenvalue weighted by molar-refractivity contribution is -0.142. The Labute approximate surface area is 207 Å². The van der Waals surface area contributed by atoms with Crippen LogP contribution >= 0.6 is 27.5 Å². The highest BCUT2D eigenvalue weighted by molar-refractivity contribution is 9.10. The number of likely N-dealkylation sites (N-methyl/N-ethyl adjacent to an activating group) is 1. The summed E-state index contributed by atoms with van der Waals surface area (Å²) in [7, 11) is 1.58. The second-order valence-electron chi connectivity index (χ2n) is 7.69. The number of nitrogens with one attached hydrogen (secondary N) is 1. The van der Waals surface area contributed by atoms with Crippen LogP contribution in [0.2, 0.25) is 5.02 Å². The third-order valence-corrected chi connectivity index (χ3v) is 6.05. The smallest absolute Gasteiger partial charge is 0.261 e. The van der Waals surface area contributed by atoms with Crippen molar-refractivity contribution in [3.8, 4) is 5.75 Å². The lowest BCUT2D eigenvalue weighted by Crippen LogP contribution is -2.51. The lowest BCUT2D eigenvalue weighted by Gasteiger charge is -2.31. The highest BCUT2D eigenvalue weighted by atomic mass is 79.9. The molecule has 0 spiro atoms. The van der Waals surface area contributed by atoms with Gasteiger partial charge in [0.25, 0.3) is 5.91 Å². The van der Waals surface area contributed by atoms with Gasteiger partial charge in [0.1, 0.15) is 11.8 Å². The molecule has 33 heavy (non-hydrogen) atoms. The van der Waals surface area contributed by atoms with Crippen molar-refractivity contribution < 1.29 is 14.3 Å². The molecule has 2 amide bonds. The van der Waals surface area contributed by atoms with Gasteiger partial charge in [0.05, 0.1) is 4.47 Å². The zero-order valence-electron chi connectivity index (χ0n) is 18.6. The Morgan fingerprint density at radius 2 is 1.76 bits per heavy atom. The molecule has 0 fully saturated rings. The summed E-state index contributed by atoms with van der Waals surface area (Å²) in [6.07, 6.45) is 0.392. The van der Waals surface area contributed by atoms with E-state index in [9.17, 15) is 9.59 Å². The molecule has 1 atom stereocenters. The molecule has 0 aromatic heterocycles. The van der Waals surface area contributed by atoms with Crippen LogP contribution in [0.3, 0.4) is 0 Å². The first kappa shape index (κ1) is 24.8. The predicted octanol–water partition coefficient (Wildman–Crippen LogP) is 5.18. The van der Waals surface area contributed by atoms with Crippen molar-refractivity contribution in [3.05, 3.63) is 99.0 Å². The summed E-state index contributed by atoms with van der Waals surface area (Å²) in [4.78, 5) is 27.9. The molecule has 0 aliphatic rings. The van der Waals surface area contributed by atoms with Crippen LogP contribution in [-0.4, -0.2) is 36.4 Å². The van der Waals surface area contributed by atoms with E-state index in [1.807, 2.05) is 61.5 Å². The van der Waals surface area contributed by atoms with Crippen LogP contribution < -0.4 is 10.1 Å². The molecule has 1 unspecified atom stereocenters. The minimum atomic E-state index is -0.692. The Morgan fingerprint density at radius 1 is 1.03 bits per heavy atom. The number of rotatable bonds is 9. The van der Waals surface area contributed by atoms with E-state index in [0.717, 1.165) is 16.7 Å². The first-order valence-electron chi connectivity index (χ1n) is 10.6. The summed E-state index contributed by atoms with van der Waals surface area (Å²) in [6.45, 7) is 2.07. The first-order valence-corrected chi connectivity index (χ1v) is 11.7. The molecule has 0 heterocycles. The number of hydrogen-bond donors (Lipinski definition) is 1. The fraction of sp³-hybridized carbons (Fsp3) is 0.231. The average Bonchev–Trinajstić information content (AvgIpc) is 2.81. The summed E-state index contributed by atoms with van der Waals surface area (Å²) in [6, 6.07) is 22.0. The molecule has 1 N–H and O–H groups in total. The van der Waals surface area contributed by atoms with Crippen LogP contribution in [0.15, 0.2) is 77.3 Å². The van der Waals surface area contributed by atoms with E-state index in [0.29, 0.717) is 21.7 Å². The topological polar surface area (TPSA) is 58.6 Å². The largest absolute Gasteiger partial charge is 0.483 e. The number of carbonyl (C=O) groups excluding carboxylic acids is 2. The van der Waals surface area contributed by atoms with Crippen LogP contribution in [0.5, 0.6) is 5.75 Å². The fourth-order valence-electron chi connectivity index (χ4n) is 3.54. The maximum atomic E-state index is 13.4. The first-order chi connectivity index (χ1) is 15.9. The monoisotopic (exact) mass is 528 g/mol. The van der Waals surface area contributed by atoms with Gasteiger partial charge in [-0.3, -0.25) is 9.59 Å². The van der Waals surface area contributed by atoms with Gasteiger partial charge in [-0.15, -0.1) is 0 Å². The van der Waals surface area contributed by atoms with Gasteiger partial charge in [-0.05, 0) is 52.2 Å². The molecular formula is C26H26BrClN2O3. The molecule has 172 valence electrons. The van der Waals surface area contributed by atoms with Crippen LogP contribution in [0.1, 0.15) is 16.7 Å². The van der Waals surface area contributed by atoms with E-state index in [-0.39, 0.29) is 25.0 Å². The van der Waals surface area contributed by atoms with Crippen molar-refractivity contribution in [1.82, 2.24) is 10.2 Å². The third-order valence-electron chi connectivity index (χ3n) is 5.20. The number of halogens is 2. The normalized spacial score (nSPS) is 11.5. The lowest BCUT2D eigenvalue weighted by atomic mass is 10.0. The minimum absolute atomic E-state index is 0.214. The standard InChI is InChI=1S/C26H26BrClN2O3/c1-18-7-6-10-20(13-18)16-30(23(26(32)29-2)14-19-8-4-3-5-9-19)25(31)17-33-24-12-11-21(28)15-22(24)27/h3-13,15,23H,14,16-17H2,1-2H3,(H,29,32). The Kier molecular flexibility index (Phi) is 8.92. The van der Waals surface area contributed by atoms with Crippen molar-refractivity contribution in [2.75, 3.05) is 13.7 Å². The van der Waals surface area contributed by atoms with Crippen molar-refractivity contribution in [2.45, 2.75) is 25.9 Å². The SMILES string of the molecule is CNC(=O)C(Cc1ccccc1)N(Cc1cccc(C)c1)C(=O)COc1ccc(Cl)cc1Br. The second kappa shape index (κ2) is 11.9.